The molecule has 21 heavy (non-hydrogen) atoms. The number of aromatic hydroxyl groups is 1. The summed E-state index contributed by atoms with van der Waals surface area (Å²) in [6.07, 6.45) is 0. The second kappa shape index (κ2) is 6.01. The molecule has 3 rings (SSSR count). The van der Waals surface area contributed by atoms with E-state index in [4.69, 9.17) is 4.52 Å². The molecule has 106 valence electrons. The minimum Gasteiger partial charge on any atom is -0.508 e. The van der Waals surface area contributed by atoms with Gasteiger partial charge in [0.15, 0.2) is 5.82 Å². The van der Waals surface area contributed by atoms with Crippen molar-refractivity contribution in [1.29, 1.82) is 0 Å². The van der Waals surface area contributed by atoms with Crippen molar-refractivity contribution >= 4 is 11.8 Å². The van der Waals surface area contributed by atoms with E-state index in [0.29, 0.717) is 17.5 Å². The Bertz CT molecular complexity index is 741. The molecular formula is C16H14N2O2S. The van der Waals surface area contributed by atoms with E-state index >= 15 is 0 Å². The quantitative estimate of drug-likeness (QED) is 0.736. The van der Waals surface area contributed by atoms with Crippen LogP contribution in [0.5, 0.6) is 5.75 Å². The molecule has 0 saturated heterocycles. The van der Waals surface area contributed by atoms with E-state index in [1.165, 1.54) is 4.90 Å². The predicted molar refractivity (Wildman–Crippen MR) is 82.1 cm³/mol. The number of nitrogens with zero attached hydrogens (tertiary/aromatic N) is 2. The highest BCUT2D eigenvalue weighted by atomic mass is 32.2. The van der Waals surface area contributed by atoms with Crippen molar-refractivity contribution < 1.29 is 9.63 Å². The minimum absolute atomic E-state index is 0.262. The number of rotatable bonds is 4. The van der Waals surface area contributed by atoms with Crippen LogP contribution in [-0.4, -0.2) is 15.2 Å². The zero-order valence-corrected chi connectivity index (χ0v) is 12.3. The highest BCUT2D eigenvalue weighted by Crippen LogP contribution is 2.26. The lowest BCUT2D eigenvalue weighted by Gasteiger charge is -1.99. The third-order valence-electron chi connectivity index (χ3n) is 3.02. The van der Waals surface area contributed by atoms with Crippen molar-refractivity contribution in [2.45, 2.75) is 17.6 Å². The third-order valence-corrected chi connectivity index (χ3v) is 4.03. The van der Waals surface area contributed by atoms with Gasteiger partial charge in [-0.1, -0.05) is 23.4 Å². The molecule has 0 unspecified atom stereocenters. The molecule has 0 atom stereocenters. The largest absolute Gasteiger partial charge is 0.508 e. The summed E-state index contributed by atoms with van der Waals surface area (Å²) in [7, 11) is 0. The molecular weight excluding hydrogens is 284 g/mol. The maximum atomic E-state index is 9.54. The zero-order valence-electron chi connectivity index (χ0n) is 11.5. The van der Waals surface area contributed by atoms with Crippen molar-refractivity contribution in [3.63, 3.8) is 0 Å². The van der Waals surface area contributed by atoms with Gasteiger partial charge in [-0.3, -0.25) is 0 Å². The van der Waals surface area contributed by atoms with E-state index < -0.39 is 0 Å². The van der Waals surface area contributed by atoms with Crippen LogP contribution in [0.4, 0.5) is 0 Å². The van der Waals surface area contributed by atoms with Crippen molar-refractivity contribution in [3.05, 3.63) is 59.9 Å². The number of phenols is 1. The lowest BCUT2D eigenvalue weighted by Crippen LogP contribution is -1.84. The first-order valence-electron chi connectivity index (χ1n) is 6.53. The molecule has 0 saturated carbocycles. The number of benzene rings is 2. The van der Waals surface area contributed by atoms with Gasteiger partial charge in [0.1, 0.15) is 5.75 Å². The van der Waals surface area contributed by atoms with Crippen LogP contribution in [0, 0.1) is 6.92 Å². The van der Waals surface area contributed by atoms with Crippen molar-refractivity contribution in [3.8, 4) is 17.2 Å². The molecule has 0 spiro atoms. The highest BCUT2D eigenvalue weighted by molar-refractivity contribution is 7.98. The fourth-order valence-corrected chi connectivity index (χ4v) is 2.65. The van der Waals surface area contributed by atoms with Gasteiger partial charge in [-0.2, -0.15) is 4.98 Å². The van der Waals surface area contributed by atoms with Crippen LogP contribution in [0.1, 0.15) is 11.4 Å². The molecule has 0 fully saturated rings. The SMILES string of the molecule is Cc1cc(-c2nc(CSc3ccccc3)no2)ccc1O. The Morgan fingerprint density at radius 3 is 2.71 bits per heavy atom. The number of aromatic nitrogens is 2. The average molecular weight is 298 g/mol. The first-order valence-corrected chi connectivity index (χ1v) is 7.51. The summed E-state index contributed by atoms with van der Waals surface area (Å²) < 4.78 is 5.28. The van der Waals surface area contributed by atoms with Gasteiger partial charge < -0.3 is 9.63 Å². The molecule has 1 N–H and O–H groups in total. The van der Waals surface area contributed by atoms with E-state index in [1.54, 1.807) is 23.9 Å². The molecule has 2 aromatic carbocycles. The van der Waals surface area contributed by atoms with Crippen molar-refractivity contribution in [2.24, 2.45) is 0 Å². The van der Waals surface area contributed by atoms with Crippen LogP contribution in [0.2, 0.25) is 0 Å². The molecule has 0 aliphatic carbocycles. The molecule has 4 nitrogen and oxygen atoms in total. The number of hydrogen-bond acceptors (Lipinski definition) is 5. The van der Waals surface area contributed by atoms with E-state index in [2.05, 4.69) is 22.3 Å². The normalized spacial score (nSPS) is 10.7. The summed E-state index contributed by atoms with van der Waals surface area (Å²) >= 11 is 1.66. The van der Waals surface area contributed by atoms with Crippen LogP contribution in [0.25, 0.3) is 11.5 Å². The smallest absolute Gasteiger partial charge is 0.257 e. The summed E-state index contributed by atoms with van der Waals surface area (Å²) in [5.41, 5.74) is 1.60. The molecule has 3 aromatic rings. The Hall–Kier alpha value is -2.27. The topological polar surface area (TPSA) is 59.2 Å². The van der Waals surface area contributed by atoms with E-state index in [9.17, 15) is 5.11 Å². The Kier molecular flexibility index (Phi) is 3.92. The van der Waals surface area contributed by atoms with E-state index in [0.717, 1.165) is 11.1 Å². The van der Waals surface area contributed by atoms with Crippen LogP contribution >= 0.6 is 11.8 Å². The molecule has 0 radical (unpaired) electrons. The highest BCUT2D eigenvalue weighted by Gasteiger charge is 2.10. The Morgan fingerprint density at radius 2 is 1.95 bits per heavy atom. The van der Waals surface area contributed by atoms with Crippen LogP contribution < -0.4 is 0 Å². The van der Waals surface area contributed by atoms with E-state index in [-0.39, 0.29) is 5.75 Å². The lowest BCUT2D eigenvalue weighted by atomic mass is 10.1. The molecule has 0 amide bonds. The van der Waals surface area contributed by atoms with E-state index in [1.807, 2.05) is 31.2 Å². The standard InChI is InChI=1S/C16H14N2O2S/c1-11-9-12(7-8-14(11)19)16-17-15(18-20-16)10-21-13-5-3-2-4-6-13/h2-9,19H,10H2,1H3. The second-order valence-corrected chi connectivity index (χ2v) is 5.67. The third kappa shape index (κ3) is 3.25. The van der Waals surface area contributed by atoms with Gasteiger partial charge in [0.2, 0.25) is 0 Å². The molecule has 0 aliphatic heterocycles. The lowest BCUT2D eigenvalue weighted by molar-refractivity contribution is 0.425. The summed E-state index contributed by atoms with van der Waals surface area (Å²) in [5, 5.41) is 13.5. The number of thioether (sulfide) groups is 1. The molecule has 0 bridgehead atoms. The van der Waals surface area contributed by atoms with Gasteiger partial charge in [0.05, 0.1) is 5.75 Å². The fourth-order valence-electron chi connectivity index (χ4n) is 1.88. The zero-order chi connectivity index (χ0) is 14.7. The van der Waals surface area contributed by atoms with Gasteiger partial charge in [0.25, 0.3) is 5.89 Å². The average Bonchev–Trinajstić information content (AvgIpc) is 2.98. The number of phenolic OH excluding ortho intramolecular Hbond substituents is 1. The van der Waals surface area contributed by atoms with Gasteiger partial charge >= 0.3 is 0 Å². The Labute approximate surface area is 126 Å². The second-order valence-electron chi connectivity index (χ2n) is 4.62. The molecule has 1 heterocycles. The first-order chi connectivity index (χ1) is 10.2. The maximum Gasteiger partial charge on any atom is 0.257 e. The number of aryl methyl sites for hydroxylation is 1. The Balaban J connectivity index is 1.72. The maximum absolute atomic E-state index is 9.54. The minimum atomic E-state index is 0.262. The molecule has 1 aromatic heterocycles. The Morgan fingerprint density at radius 1 is 1.14 bits per heavy atom. The van der Waals surface area contributed by atoms with Gasteiger partial charge in [0, 0.05) is 10.5 Å². The van der Waals surface area contributed by atoms with Crippen molar-refractivity contribution in [2.75, 3.05) is 0 Å². The predicted octanol–water partition coefficient (Wildman–Crippen LogP) is 4.04. The summed E-state index contributed by atoms with van der Waals surface area (Å²) in [5.74, 6) is 2.05. The molecule has 0 aliphatic rings. The van der Waals surface area contributed by atoms with Crippen LogP contribution in [0.15, 0.2) is 57.9 Å². The van der Waals surface area contributed by atoms with Crippen LogP contribution in [0.3, 0.4) is 0 Å². The summed E-state index contributed by atoms with van der Waals surface area (Å²) in [4.78, 5) is 5.56. The van der Waals surface area contributed by atoms with Gasteiger partial charge in [-0.05, 0) is 42.8 Å². The number of hydrogen-bond donors (Lipinski definition) is 1. The summed E-state index contributed by atoms with van der Waals surface area (Å²) in [6.45, 7) is 1.83. The van der Waals surface area contributed by atoms with Gasteiger partial charge in [-0.15, -0.1) is 11.8 Å². The fraction of sp³-hybridized carbons (Fsp3) is 0.125. The monoisotopic (exact) mass is 298 g/mol. The van der Waals surface area contributed by atoms with Crippen molar-refractivity contribution in [1.82, 2.24) is 10.1 Å². The summed E-state index contributed by atoms with van der Waals surface area (Å²) in [6, 6.07) is 15.3. The van der Waals surface area contributed by atoms with Gasteiger partial charge in [-0.25, -0.2) is 0 Å². The molecule has 5 heteroatoms. The first kappa shape index (κ1) is 13.7. The van der Waals surface area contributed by atoms with Crippen LogP contribution in [-0.2, 0) is 5.75 Å².